The third-order valence-corrected chi connectivity index (χ3v) is 7.33. The number of carbonyl (C=O) groups excluding carboxylic acids is 1. The number of amides is 1. The maximum absolute atomic E-state index is 13.3. The van der Waals surface area contributed by atoms with Crippen LogP contribution < -0.4 is 4.18 Å². The summed E-state index contributed by atoms with van der Waals surface area (Å²) >= 11 is 3.40. The van der Waals surface area contributed by atoms with Gasteiger partial charge in [0.15, 0.2) is 0 Å². The fourth-order valence-electron chi connectivity index (χ4n) is 3.33. The number of halogens is 4. The van der Waals surface area contributed by atoms with E-state index in [1.807, 2.05) is 13.8 Å². The van der Waals surface area contributed by atoms with Crippen molar-refractivity contribution in [3.8, 4) is 5.75 Å². The molecule has 0 aromatic heterocycles. The van der Waals surface area contributed by atoms with Crippen LogP contribution >= 0.6 is 15.9 Å². The van der Waals surface area contributed by atoms with E-state index in [1.165, 1.54) is 12.1 Å². The molecular weight excluding hydrogens is 547 g/mol. The Bertz CT molecular complexity index is 1310. The Balaban J connectivity index is 1.86. The van der Waals surface area contributed by atoms with Crippen LogP contribution in [0.2, 0.25) is 0 Å². The second-order valence-corrected chi connectivity index (χ2v) is 10.3. The van der Waals surface area contributed by atoms with Crippen molar-refractivity contribution in [1.29, 1.82) is 0 Å². The Morgan fingerprint density at radius 3 is 2.37 bits per heavy atom. The van der Waals surface area contributed by atoms with E-state index in [0.717, 1.165) is 18.2 Å². The number of rotatable bonds is 8. The molecule has 0 N–H and O–H groups in total. The summed E-state index contributed by atoms with van der Waals surface area (Å²) in [5, 5.41) is 0. The molecule has 1 amide bonds. The van der Waals surface area contributed by atoms with Crippen LogP contribution in [-0.4, -0.2) is 25.3 Å². The van der Waals surface area contributed by atoms with Gasteiger partial charge in [0, 0.05) is 17.1 Å². The van der Waals surface area contributed by atoms with Gasteiger partial charge in [-0.2, -0.15) is 21.6 Å². The average molecular weight is 570 g/mol. The maximum Gasteiger partial charge on any atom is 0.416 e. The van der Waals surface area contributed by atoms with Crippen LogP contribution in [0, 0.1) is 0 Å². The molecule has 0 heterocycles. The predicted molar refractivity (Wildman–Crippen MR) is 129 cm³/mol. The summed E-state index contributed by atoms with van der Waals surface area (Å²) in [6.07, 6.45) is -4.00. The first-order valence-corrected chi connectivity index (χ1v) is 12.9. The molecule has 0 bridgehead atoms. The molecule has 1 unspecified atom stereocenters. The molecular formula is C25H23BrF3NO4S. The molecule has 5 nitrogen and oxygen atoms in total. The highest BCUT2D eigenvalue weighted by Gasteiger charge is 2.32. The van der Waals surface area contributed by atoms with Gasteiger partial charge in [0.25, 0.3) is 5.91 Å². The molecule has 3 aromatic rings. The SMILES string of the molecule is CCC(C)N(Cc1cccc(OS(=O)(=O)c2cccc(C(F)(F)F)c2)c1)C(=O)c1ccccc1Br. The molecule has 10 heteroatoms. The quantitative estimate of drug-likeness (QED) is 0.284. The van der Waals surface area contributed by atoms with Crippen LogP contribution in [0.15, 0.2) is 82.2 Å². The van der Waals surface area contributed by atoms with E-state index in [1.54, 1.807) is 41.3 Å². The van der Waals surface area contributed by atoms with E-state index < -0.39 is 26.8 Å². The lowest BCUT2D eigenvalue weighted by Crippen LogP contribution is -2.38. The van der Waals surface area contributed by atoms with Crippen LogP contribution in [0.3, 0.4) is 0 Å². The van der Waals surface area contributed by atoms with Gasteiger partial charge in [-0.25, -0.2) is 0 Å². The van der Waals surface area contributed by atoms with Gasteiger partial charge in [-0.05, 0) is 77.3 Å². The van der Waals surface area contributed by atoms with Crippen LogP contribution in [0.5, 0.6) is 5.75 Å². The molecule has 0 radical (unpaired) electrons. The van der Waals surface area contributed by atoms with E-state index in [-0.39, 0.29) is 24.2 Å². The van der Waals surface area contributed by atoms with E-state index in [2.05, 4.69) is 15.9 Å². The summed E-state index contributed by atoms with van der Waals surface area (Å²) in [6, 6.07) is 16.4. The first kappa shape index (κ1) is 26.7. The summed E-state index contributed by atoms with van der Waals surface area (Å²) in [7, 11) is -4.51. The molecule has 186 valence electrons. The Morgan fingerprint density at radius 1 is 1.03 bits per heavy atom. The Kier molecular flexibility index (Phi) is 8.27. The number of carbonyl (C=O) groups is 1. The highest BCUT2D eigenvalue weighted by molar-refractivity contribution is 9.10. The minimum absolute atomic E-state index is 0.0719. The second kappa shape index (κ2) is 10.8. The van der Waals surface area contributed by atoms with Crippen molar-refractivity contribution in [2.24, 2.45) is 0 Å². The minimum atomic E-state index is -4.69. The number of hydrogen-bond donors (Lipinski definition) is 0. The Morgan fingerprint density at radius 2 is 1.71 bits per heavy atom. The summed E-state index contributed by atoms with van der Waals surface area (Å²) in [5.41, 5.74) is 0.000445. The van der Waals surface area contributed by atoms with Crippen molar-refractivity contribution in [3.05, 3.63) is 94.0 Å². The van der Waals surface area contributed by atoms with Gasteiger partial charge < -0.3 is 9.08 Å². The van der Waals surface area contributed by atoms with E-state index >= 15 is 0 Å². The number of nitrogens with zero attached hydrogens (tertiary/aromatic N) is 1. The molecule has 0 aliphatic rings. The summed E-state index contributed by atoms with van der Waals surface area (Å²) in [6.45, 7) is 4.04. The molecule has 0 aliphatic carbocycles. The molecule has 0 saturated heterocycles. The zero-order chi connectivity index (χ0) is 25.8. The third-order valence-electron chi connectivity index (χ3n) is 5.40. The van der Waals surface area contributed by atoms with Crippen molar-refractivity contribution < 1.29 is 30.6 Å². The van der Waals surface area contributed by atoms with Crippen LogP contribution in [-0.2, 0) is 22.8 Å². The fraction of sp³-hybridized carbons (Fsp3) is 0.240. The molecule has 1 atom stereocenters. The number of benzene rings is 3. The number of alkyl halides is 3. The van der Waals surface area contributed by atoms with Gasteiger partial charge in [-0.3, -0.25) is 4.79 Å². The van der Waals surface area contributed by atoms with Gasteiger partial charge >= 0.3 is 16.3 Å². The van der Waals surface area contributed by atoms with Crippen LogP contribution in [0.4, 0.5) is 13.2 Å². The normalized spacial score (nSPS) is 12.7. The Hall–Kier alpha value is -2.85. The Labute approximate surface area is 210 Å². The lowest BCUT2D eigenvalue weighted by atomic mass is 10.1. The molecule has 0 aliphatic heterocycles. The predicted octanol–water partition coefficient (Wildman–Crippen LogP) is 6.68. The molecule has 0 spiro atoms. The third kappa shape index (κ3) is 6.64. The smallest absolute Gasteiger partial charge is 0.379 e. The zero-order valence-corrected chi connectivity index (χ0v) is 21.3. The summed E-state index contributed by atoms with van der Waals surface area (Å²) in [5.74, 6) is -0.271. The highest BCUT2D eigenvalue weighted by atomic mass is 79.9. The van der Waals surface area contributed by atoms with Crippen LogP contribution in [0.1, 0.15) is 41.8 Å². The summed E-state index contributed by atoms with van der Waals surface area (Å²) < 4.78 is 70.0. The zero-order valence-electron chi connectivity index (χ0n) is 18.9. The van der Waals surface area contributed by atoms with E-state index in [0.29, 0.717) is 28.1 Å². The molecule has 35 heavy (non-hydrogen) atoms. The topological polar surface area (TPSA) is 63.7 Å². The van der Waals surface area contributed by atoms with Gasteiger partial charge in [0.1, 0.15) is 10.6 Å². The molecule has 0 fully saturated rings. The van der Waals surface area contributed by atoms with Crippen molar-refractivity contribution in [3.63, 3.8) is 0 Å². The van der Waals surface area contributed by atoms with Crippen molar-refractivity contribution >= 4 is 32.0 Å². The lowest BCUT2D eigenvalue weighted by Gasteiger charge is -2.29. The van der Waals surface area contributed by atoms with E-state index in [9.17, 15) is 26.4 Å². The molecule has 3 rings (SSSR count). The molecule has 0 saturated carbocycles. The first-order chi connectivity index (χ1) is 16.4. The largest absolute Gasteiger partial charge is 0.416 e. The van der Waals surface area contributed by atoms with Crippen LogP contribution in [0.25, 0.3) is 0 Å². The standard InChI is InChI=1S/C25H23BrF3NO4S/c1-3-17(2)30(24(31)22-12-4-5-13-23(22)26)16-18-8-6-10-20(14-18)34-35(32,33)21-11-7-9-19(15-21)25(27,28)29/h4-15,17H,3,16H2,1-2H3. The first-order valence-electron chi connectivity index (χ1n) is 10.7. The highest BCUT2D eigenvalue weighted by Crippen LogP contribution is 2.31. The second-order valence-electron chi connectivity index (χ2n) is 7.88. The monoisotopic (exact) mass is 569 g/mol. The minimum Gasteiger partial charge on any atom is -0.379 e. The average Bonchev–Trinajstić information content (AvgIpc) is 2.81. The van der Waals surface area contributed by atoms with Gasteiger partial charge in [0.2, 0.25) is 0 Å². The van der Waals surface area contributed by atoms with Gasteiger partial charge in [0.05, 0.1) is 11.1 Å². The van der Waals surface area contributed by atoms with Crippen molar-refractivity contribution in [2.45, 2.75) is 43.9 Å². The summed E-state index contributed by atoms with van der Waals surface area (Å²) in [4.78, 5) is 14.3. The molecule has 3 aromatic carbocycles. The van der Waals surface area contributed by atoms with Crippen molar-refractivity contribution in [1.82, 2.24) is 4.90 Å². The van der Waals surface area contributed by atoms with E-state index in [4.69, 9.17) is 4.18 Å². The van der Waals surface area contributed by atoms with Crippen molar-refractivity contribution in [2.75, 3.05) is 0 Å². The number of hydrogen-bond acceptors (Lipinski definition) is 4. The van der Waals surface area contributed by atoms with Gasteiger partial charge in [-0.15, -0.1) is 0 Å². The fourth-order valence-corrected chi connectivity index (χ4v) is 4.76. The van der Waals surface area contributed by atoms with Gasteiger partial charge in [-0.1, -0.05) is 37.3 Å². The lowest BCUT2D eigenvalue weighted by molar-refractivity contribution is -0.137. The maximum atomic E-state index is 13.3.